The highest BCUT2D eigenvalue weighted by Crippen LogP contribution is 2.49. The first-order valence-corrected chi connectivity index (χ1v) is 11.4. The Labute approximate surface area is 206 Å². The smallest absolute Gasteiger partial charge is 0.170 e. The van der Waals surface area contributed by atoms with Crippen molar-refractivity contribution in [2.45, 2.75) is 27.4 Å². The van der Waals surface area contributed by atoms with Gasteiger partial charge >= 0.3 is 0 Å². The number of methoxy groups -OCH3 is 2. The largest absolute Gasteiger partial charge is 0.508 e. The van der Waals surface area contributed by atoms with Crippen LogP contribution < -0.4 is 14.2 Å². The van der Waals surface area contributed by atoms with E-state index in [1.54, 1.807) is 31.4 Å². The van der Waals surface area contributed by atoms with E-state index in [9.17, 15) is 10.2 Å². The quantitative estimate of drug-likeness (QED) is 0.306. The van der Waals surface area contributed by atoms with Crippen molar-refractivity contribution >= 4 is 0 Å². The van der Waals surface area contributed by atoms with E-state index < -0.39 is 0 Å². The first-order valence-electron chi connectivity index (χ1n) is 11.4. The fourth-order valence-corrected chi connectivity index (χ4v) is 4.22. The summed E-state index contributed by atoms with van der Waals surface area (Å²) in [5.41, 5.74) is 7.69. The Morgan fingerprint density at radius 2 is 1.31 bits per heavy atom. The molecule has 0 amide bonds. The zero-order valence-corrected chi connectivity index (χ0v) is 20.7. The van der Waals surface area contributed by atoms with Crippen LogP contribution in [0.15, 0.2) is 66.7 Å². The predicted molar refractivity (Wildman–Crippen MR) is 139 cm³/mol. The highest BCUT2D eigenvalue weighted by atomic mass is 16.5. The van der Waals surface area contributed by atoms with Crippen LogP contribution in [0.3, 0.4) is 0 Å². The van der Waals surface area contributed by atoms with E-state index in [-0.39, 0.29) is 11.5 Å². The molecule has 0 radical (unpaired) electrons. The number of aromatic hydroxyl groups is 2. The monoisotopic (exact) mass is 470 g/mol. The van der Waals surface area contributed by atoms with Gasteiger partial charge in [0.1, 0.15) is 23.9 Å². The van der Waals surface area contributed by atoms with E-state index in [0.717, 1.165) is 22.4 Å². The molecule has 5 nitrogen and oxygen atoms in total. The topological polar surface area (TPSA) is 68.2 Å². The summed E-state index contributed by atoms with van der Waals surface area (Å²) in [6, 6.07) is 20.4. The Morgan fingerprint density at radius 1 is 0.714 bits per heavy atom. The normalized spacial score (nSPS) is 10.8. The summed E-state index contributed by atoms with van der Waals surface area (Å²) < 4.78 is 17.2. The van der Waals surface area contributed by atoms with Crippen molar-refractivity contribution in [3.05, 3.63) is 89.0 Å². The van der Waals surface area contributed by atoms with Crippen LogP contribution in [-0.4, -0.2) is 24.4 Å². The molecule has 0 aliphatic heterocycles. The van der Waals surface area contributed by atoms with E-state index in [2.05, 4.69) is 32.9 Å². The number of ether oxygens (including phenoxy) is 3. The predicted octanol–water partition coefficient (Wildman–Crippen LogP) is 6.95. The molecule has 4 rings (SSSR count). The van der Waals surface area contributed by atoms with Gasteiger partial charge in [-0.25, -0.2) is 0 Å². The van der Waals surface area contributed by atoms with E-state index in [0.29, 0.717) is 29.2 Å². The number of hydrogen-bond donors (Lipinski definition) is 2. The second-order valence-electron chi connectivity index (χ2n) is 8.60. The first-order chi connectivity index (χ1) is 16.8. The molecule has 5 heteroatoms. The van der Waals surface area contributed by atoms with E-state index in [1.807, 2.05) is 30.3 Å². The lowest BCUT2D eigenvalue weighted by atomic mass is 9.96. The van der Waals surface area contributed by atoms with Gasteiger partial charge in [0.15, 0.2) is 11.5 Å². The molecule has 0 unspecified atom stereocenters. The van der Waals surface area contributed by atoms with Gasteiger partial charge in [-0.1, -0.05) is 36.4 Å². The van der Waals surface area contributed by atoms with Crippen molar-refractivity contribution in [3.8, 4) is 51.0 Å². The molecular formula is C30H30O5. The van der Waals surface area contributed by atoms with Gasteiger partial charge in [0, 0.05) is 5.56 Å². The second-order valence-corrected chi connectivity index (χ2v) is 8.60. The summed E-state index contributed by atoms with van der Waals surface area (Å²) in [4.78, 5) is 0. The molecule has 0 bridgehead atoms. The fourth-order valence-electron chi connectivity index (χ4n) is 4.22. The van der Waals surface area contributed by atoms with Crippen molar-refractivity contribution in [1.82, 2.24) is 0 Å². The number of hydrogen-bond acceptors (Lipinski definition) is 5. The van der Waals surface area contributed by atoms with Crippen LogP contribution in [0.25, 0.3) is 22.3 Å². The van der Waals surface area contributed by atoms with Crippen molar-refractivity contribution < 1.29 is 24.4 Å². The van der Waals surface area contributed by atoms with Crippen LogP contribution in [0.5, 0.6) is 28.7 Å². The minimum absolute atomic E-state index is 0.0193. The van der Waals surface area contributed by atoms with Gasteiger partial charge in [0.05, 0.1) is 19.8 Å². The number of aryl methyl sites for hydroxylation is 2. The minimum Gasteiger partial charge on any atom is -0.508 e. The van der Waals surface area contributed by atoms with Gasteiger partial charge in [-0.2, -0.15) is 0 Å². The van der Waals surface area contributed by atoms with Crippen LogP contribution in [-0.2, 0) is 6.61 Å². The minimum atomic E-state index is -0.0193. The van der Waals surface area contributed by atoms with Crippen molar-refractivity contribution in [2.24, 2.45) is 0 Å². The third-order valence-electron chi connectivity index (χ3n) is 6.36. The lowest BCUT2D eigenvalue weighted by molar-refractivity contribution is 0.306. The summed E-state index contributed by atoms with van der Waals surface area (Å²) in [6.45, 7) is 6.83. The number of benzene rings is 4. The molecular weight excluding hydrogens is 440 g/mol. The van der Waals surface area contributed by atoms with E-state index in [1.165, 1.54) is 23.8 Å². The van der Waals surface area contributed by atoms with Crippen molar-refractivity contribution in [1.29, 1.82) is 0 Å². The molecule has 0 saturated heterocycles. The first kappa shape index (κ1) is 24.0. The zero-order valence-electron chi connectivity index (χ0n) is 20.7. The average Bonchev–Trinajstić information content (AvgIpc) is 2.86. The Hall–Kier alpha value is -4.12. The van der Waals surface area contributed by atoms with Gasteiger partial charge in [0.25, 0.3) is 0 Å². The van der Waals surface area contributed by atoms with Gasteiger partial charge in [-0.05, 0) is 84.5 Å². The fraction of sp³-hybridized carbons (Fsp3) is 0.200. The summed E-state index contributed by atoms with van der Waals surface area (Å²) in [5.74, 6) is 1.71. The maximum atomic E-state index is 11.2. The lowest BCUT2D eigenvalue weighted by Gasteiger charge is -2.18. The summed E-state index contributed by atoms with van der Waals surface area (Å²) in [7, 11) is 3.08. The molecule has 2 N–H and O–H groups in total. The Morgan fingerprint density at radius 3 is 1.89 bits per heavy atom. The molecule has 0 aromatic heterocycles. The van der Waals surface area contributed by atoms with E-state index in [4.69, 9.17) is 14.2 Å². The van der Waals surface area contributed by atoms with Crippen LogP contribution in [0.1, 0.15) is 22.3 Å². The van der Waals surface area contributed by atoms with Crippen LogP contribution in [0.2, 0.25) is 0 Å². The van der Waals surface area contributed by atoms with Crippen molar-refractivity contribution in [2.75, 3.05) is 14.2 Å². The number of rotatable bonds is 7. The number of phenols is 2. The highest BCUT2D eigenvalue weighted by molar-refractivity contribution is 5.87. The van der Waals surface area contributed by atoms with Crippen LogP contribution >= 0.6 is 0 Å². The molecule has 4 aromatic rings. The summed E-state index contributed by atoms with van der Waals surface area (Å²) in [5, 5.41) is 20.8. The molecule has 0 atom stereocenters. The average molecular weight is 471 g/mol. The summed E-state index contributed by atoms with van der Waals surface area (Å²) >= 11 is 0. The number of phenolic OH excluding ortho intramolecular Hbond substituents is 2. The molecule has 4 aromatic carbocycles. The molecule has 0 saturated carbocycles. The second kappa shape index (κ2) is 10.0. The zero-order chi connectivity index (χ0) is 25.1. The van der Waals surface area contributed by atoms with Gasteiger partial charge < -0.3 is 24.4 Å². The molecule has 0 fully saturated rings. The van der Waals surface area contributed by atoms with Gasteiger partial charge in [-0.15, -0.1) is 0 Å². The molecule has 0 aliphatic rings. The Balaban J connectivity index is 1.64. The lowest BCUT2D eigenvalue weighted by Crippen LogP contribution is -1.98. The van der Waals surface area contributed by atoms with E-state index >= 15 is 0 Å². The molecule has 35 heavy (non-hydrogen) atoms. The molecule has 0 spiro atoms. The third-order valence-corrected chi connectivity index (χ3v) is 6.36. The SMILES string of the molecule is COc1cc(-c2ccc(O)cc2)c(OC)c(O)c1-c1ccc(OCc2cc(C)c(C)c(C)c2)cc1. The Bertz CT molecular complexity index is 1320. The maximum absolute atomic E-state index is 11.2. The van der Waals surface area contributed by atoms with Crippen molar-refractivity contribution in [3.63, 3.8) is 0 Å². The van der Waals surface area contributed by atoms with Gasteiger partial charge in [0.2, 0.25) is 0 Å². The molecule has 0 aliphatic carbocycles. The van der Waals surface area contributed by atoms with Crippen LogP contribution in [0.4, 0.5) is 0 Å². The maximum Gasteiger partial charge on any atom is 0.170 e. The molecule has 0 heterocycles. The summed E-state index contributed by atoms with van der Waals surface area (Å²) in [6.07, 6.45) is 0. The highest BCUT2D eigenvalue weighted by Gasteiger charge is 2.21. The van der Waals surface area contributed by atoms with Gasteiger partial charge in [-0.3, -0.25) is 0 Å². The van der Waals surface area contributed by atoms with Crippen LogP contribution in [0, 0.1) is 20.8 Å². The Kier molecular flexibility index (Phi) is 6.87. The third kappa shape index (κ3) is 4.90. The molecule has 180 valence electrons. The standard InChI is InChI=1S/C30H30O5/c1-18-14-21(15-19(2)20(18)3)17-35-25-12-8-23(9-13-25)28-27(33-4)16-26(30(34-5)29(28)32)22-6-10-24(31)11-7-22/h6-16,31-32H,17H2,1-5H3.